The largest absolute Gasteiger partial charge is 0.338 e. The molecule has 0 aliphatic carbocycles. The van der Waals surface area contributed by atoms with Gasteiger partial charge in [0, 0.05) is 37.1 Å². The highest BCUT2D eigenvalue weighted by Gasteiger charge is 2.29. The second-order valence-electron chi connectivity index (χ2n) is 6.34. The van der Waals surface area contributed by atoms with Crippen LogP contribution in [0.2, 0.25) is 5.02 Å². The molecule has 2 aromatic rings. The van der Waals surface area contributed by atoms with E-state index in [1.807, 2.05) is 13.8 Å². The van der Waals surface area contributed by atoms with Gasteiger partial charge >= 0.3 is 0 Å². The highest BCUT2D eigenvalue weighted by Crippen LogP contribution is 2.21. The number of piperazine rings is 1. The van der Waals surface area contributed by atoms with Gasteiger partial charge in [-0.25, -0.2) is 8.42 Å². The summed E-state index contributed by atoms with van der Waals surface area (Å²) in [7, 11) is -3.52. The lowest BCUT2D eigenvalue weighted by atomic mass is 10.2. The Kier molecular flexibility index (Phi) is 5.43. The summed E-state index contributed by atoms with van der Waals surface area (Å²) >= 11 is 5.91. The second kappa shape index (κ2) is 7.41. The molecule has 1 aliphatic heterocycles. The van der Waals surface area contributed by atoms with Gasteiger partial charge in [0.05, 0.1) is 11.4 Å². The quantitative estimate of drug-likeness (QED) is 0.787. The molecule has 0 N–H and O–H groups in total. The molecule has 0 unspecified atom stereocenters. The van der Waals surface area contributed by atoms with E-state index in [4.69, 9.17) is 16.1 Å². The summed E-state index contributed by atoms with van der Waals surface area (Å²) in [6, 6.07) is 6.36. The first kappa shape index (κ1) is 18.3. The van der Waals surface area contributed by atoms with Crippen molar-refractivity contribution >= 4 is 21.6 Å². The van der Waals surface area contributed by atoms with Crippen LogP contribution in [0.25, 0.3) is 0 Å². The third-order valence-electron chi connectivity index (χ3n) is 4.12. The number of benzene rings is 1. The maximum Gasteiger partial charge on any atom is 0.243 e. The molecule has 1 saturated heterocycles. The van der Waals surface area contributed by atoms with Crippen LogP contribution in [0.3, 0.4) is 0 Å². The highest BCUT2D eigenvalue weighted by molar-refractivity contribution is 7.89. The van der Waals surface area contributed by atoms with Gasteiger partial charge in [0.15, 0.2) is 5.82 Å². The standard InChI is InChI=1S/C16H21ClN4O3S/c1-12(2)16-18-15(24-19-16)11-20-6-8-21(9-7-20)25(22,23)14-5-3-4-13(17)10-14/h3-5,10,12H,6-9,11H2,1-2H3. The summed E-state index contributed by atoms with van der Waals surface area (Å²) in [5.74, 6) is 1.48. The van der Waals surface area contributed by atoms with E-state index in [-0.39, 0.29) is 10.8 Å². The van der Waals surface area contributed by atoms with Crippen LogP contribution in [0.4, 0.5) is 0 Å². The lowest BCUT2D eigenvalue weighted by Crippen LogP contribution is -2.48. The SMILES string of the molecule is CC(C)c1noc(CN2CCN(S(=O)(=O)c3cccc(Cl)c3)CC2)n1. The first-order valence-corrected chi connectivity index (χ1v) is 9.98. The molecule has 1 fully saturated rings. The predicted octanol–water partition coefficient (Wildman–Crippen LogP) is 2.35. The van der Waals surface area contributed by atoms with Crippen molar-refractivity contribution < 1.29 is 12.9 Å². The Morgan fingerprint density at radius 2 is 1.96 bits per heavy atom. The van der Waals surface area contributed by atoms with Gasteiger partial charge in [-0.05, 0) is 18.2 Å². The van der Waals surface area contributed by atoms with Crippen molar-refractivity contribution in [1.29, 1.82) is 0 Å². The molecule has 25 heavy (non-hydrogen) atoms. The average molecular weight is 385 g/mol. The van der Waals surface area contributed by atoms with Crippen LogP contribution < -0.4 is 0 Å². The van der Waals surface area contributed by atoms with Crippen molar-refractivity contribution in [2.45, 2.75) is 31.2 Å². The van der Waals surface area contributed by atoms with Gasteiger partial charge in [0.1, 0.15) is 0 Å². The minimum absolute atomic E-state index is 0.220. The van der Waals surface area contributed by atoms with E-state index < -0.39 is 10.0 Å². The zero-order valence-electron chi connectivity index (χ0n) is 14.2. The zero-order chi connectivity index (χ0) is 18.0. The summed E-state index contributed by atoms with van der Waals surface area (Å²) in [6.45, 7) is 6.60. The molecule has 7 nitrogen and oxygen atoms in total. The first-order valence-electron chi connectivity index (χ1n) is 8.17. The van der Waals surface area contributed by atoms with Crippen molar-refractivity contribution in [3.05, 3.63) is 41.0 Å². The van der Waals surface area contributed by atoms with Gasteiger partial charge in [-0.3, -0.25) is 4.90 Å². The van der Waals surface area contributed by atoms with Crippen LogP contribution in [0.5, 0.6) is 0 Å². The molecule has 0 radical (unpaired) electrons. The molecule has 136 valence electrons. The normalized spacial score (nSPS) is 17.3. The van der Waals surface area contributed by atoms with Crippen LogP contribution in [-0.4, -0.2) is 53.9 Å². The Morgan fingerprint density at radius 3 is 2.56 bits per heavy atom. The van der Waals surface area contributed by atoms with Gasteiger partial charge in [-0.1, -0.05) is 36.7 Å². The number of sulfonamides is 1. The van der Waals surface area contributed by atoms with E-state index in [2.05, 4.69) is 15.0 Å². The topological polar surface area (TPSA) is 79.5 Å². The average Bonchev–Trinajstić information content (AvgIpc) is 3.04. The zero-order valence-corrected chi connectivity index (χ0v) is 15.8. The number of nitrogens with zero attached hydrogens (tertiary/aromatic N) is 4. The molecule has 1 aliphatic rings. The minimum Gasteiger partial charge on any atom is -0.338 e. The number of aromatic nitrogens is 2. The fourth-order valence-corrected chi connectivity index (χ4v) is 4.39. The third kappa shape index (κ3) is 4.20. The van der Waals surface area contributed by atoms with Gasteiger partial charge in [0.2, 0.25) is 15.9 Å². The summed E-state index contributed by atoms with van der Waals surface area (Å²) in [4.78, 5) is 6.70. The number of rotatable bonds is 5. The fourth-order valence-electron chi connectivity index (χ4n) is 2.66. The Balaban J connectivity index is 1.61. The monoisotopic (exact) mass is 384 g/mol. The number of hydrogen-bond acceptors (Lipinski definition) is 6. The summed E-state index contributed by atoms with van der Waals surface area (Å²) in [6.07, 6.45) is 0. The van der Waals surface area contributed by atoms with Crippen LogP contribution in [0.1, 0.15) is 31.5 Å². The molecule has 2 heterocycles. The molecule has 1 aromatic heterocycles. The molecule has 0 atom stereocenters. The van der Waals surface area contributed by atoms with E-state index >= 15 is 0 Å². The molecule has 0 saturated carbocycles. The predicted molar refractivity (Wildman–Crippen MR) is 93.9 cm³/mol. The molecule has 0 spiro atoms. The maximum absolute atomic E-state index is 12.7. The van der Waals surface area contributed by atoms with Crippen molar-refractivity contribution in [2.75, 3.05) is 26.2 Å². The van der Waals surface area contributed by atoms with Crippen LogP contribution in [-0.2, 0) is 16.6 Å². The summed E-state index contributed by atoms with van der Waals surface area (Å²) in [5, 5.41) is 4.37. The fraction of sp³-hybridized carbons (Fsp3) is 0.500. The van der Waals surface area contributed by atoms with Crippen molar-refractivity contribution in [2.24, 2.45) is 0 Å². The van der Waals surface area contributed by atoms with Crippen LogP contribution >= 0.6 is 11.6 Å². The molecule has 9 heteroatoms. The van der Waals surface area contributed by atoms with Crippen molar-refractivity contribution in [3.8, 4) is 0 Å². The minimum atomic E-state index is -3.52. The summed E-state index contributed by atoms with van der Waals surface area (Å²) in [5.41, 5.74) is 0. The first-order chi connectivity index (χ1) is 11.9. The molecule has 0 amide bonds. The molecule has 3 rings (SSSR count). The van der Waals surface area contributed by atoms with Gasteiger partial charge < -0.3 is 4.52 Å². The lowest BCUT2D eigenvalue weighted by molar-refractivity contribution is 0.163. The van der Waals surface area contributed by atoms with E-state index in [1.54, 1.807) is 18.2 Å². The Labute approximate surface area is 152 Å². The molecular weight excluding hydrogens is 364 g/mol. The van der Waals surface area contributed by atoms with Gasteiger partial charge in [0.25, 0.3) is 0 Å². The number of halogens is 1. The molecule has 1 aromatic carbocycles. The van der Waals surface area contributed by atoms with E-state index in [1.165, 1.54) is 10.4 Å². The van der Waals surface area contributed by atoms with E-state index in [9.17, 15) is 8.42 Å². The smallest absolute Gasteiger partial charge is 0.243 e. The molecular formula is C16H21ClN4O3S. The summed E-state index contributed by atoms with van der Waals surface area (Å²) < 4.78 is 32.1. The highest BCUT2D eigenvalue weighted by atomic mass is 35.5. The van der Waals surface area contributed by atoms with Gasteiger partial charge in [-0.2, -0.15) is 9.29 Å². The third-order valence-corrected chi connectivity index (χ3v) is 6.25. The van der Waals surface area contributed by atoms with E-state index in [0.29, 0.717) is 49.5 Å². The maximum atomic E-state index is 12.7. The van der Waals surface area contributed by atoms with Crippen molar-refractivity contribution in [1.82, 2.24) is 19.3 Å². The van der Waals surface area contributed by atoms with Crippen molar-refractivity contribution in [3.63, 3.8) is 0 Å². The Morgan fingerprint density at radius 1 is 1.24 bits per heavy atom. The lowest BCUT2D eigenvalue weighted by Gasteiger charge is -2.33. The molecule has 0 bridgehead atoms. The second-order valence-corrected chi connectivity index (χ2v) is 8.71. The number of hydrogen-bond donors (Lipinski definition) is 0. The van der Waals surface area contributed by atoms with Gasteiger partial charge in [-0.15, -0.1) is 0 Å². The Hall–Kier alpha value is -1.48. The Bertz CT molecular complexity index is 829. The van der Waals surface area contributed by atoms with Crippen LogP contribution in [0.15, 0.2) is 33.7 Å². The van der Waals surface area contributed by atoms with E-state index in [0.717, 1.165) is 0 Å². The van der Waals surface area contributed by atoms with Crippen LogP contribution in [0, 0.1) is 0 Å².